The van der Waals surface area contributed by atoms with E-state index in [-0.39, 0.29) is 215 Å². The summed E-state index contributed by atoms with van der Waals surface area (Å²) in [6.07, 6.45) is -11.9. The Labute approximate surface area is 550 Å². The van der Waals surface area contributed by atoms with E-state index < -0.39 is 123 Å². The highest BCUT2D eigenvalue weighted by atomic mass is 16.7. The van der Waals surface area contributed by atoms with Crippen LogP contribution in [0, 0.1) is 17.8 Å². The molecule has 552 valence electrons. The largest absolute Gasteiger partial charge is 0.394 e. The molecule has 0 radical (unpaired) electrons. The van der Waals surface area contributed by atoms with Gasteiger partial charge in [0.2, 0.25) is 23.6 Å². The van der Waals surface area contributed by atoms with Gasteiger partial charge < -0.3 is 148 Å². The van der Waals surface area contributed by atoms with Gasteiger partial charge in [0.1, 0.15) is 42.2 Å². The minimum atomic E-state index is -1.39. The second-order valence-electron chi connectivity index (χ2n) is 22.7. The van der Waals surface area contributed by atoms with Crippen molar-refractivity contribution in [3.63, 3.8) is 0 Å². The molecular weight excluding hydrogens is 1260 g/mol. The Morgan fingerprint density at radius 2 is 0.596 bits per heavy atom. The first kappa shape index (κ1) is 85.1. The molecule has 34 heteroatoms. The zero-order valence-corrected chi connectivity index (χ0v) is 55.2. The van der Waals surface area contributed by atoms with Crippen LogP contribution in [-0.4, -0.2) is 354 Å². The molecule has 13 N–H and O–H groups in total. The number of amides is 4. The molecule has 3 rings (SSSR count). The monoisotopic (exact) mass is 1370 g/mol. The van der Waals surface area contributed by atoms with Gasteiger partial charge in [-0.3, -0.25) is 19.2 Å². The van der Waals surface area contributed by atoms with E-state index in [0.29, 0.717) is 13.2 Å². The lowest BCUT2D eigenvalue weighted by atomic mass is 9.92. The van der Waals surface area contributed by atoms with Gasteiger partial charge in [0.15, 0.2) is 18.9 Å². The lowest BCUT2D eigenvalue weighted by molar-refractivity contribution is -0.284. The first-order chi connectivity index (χ1) is 45.4. The van der Waals surface area contributed by atoms with Crippen molar-refractivity contribution in [2.24, 2.45) is 17.8 Å². The standard InChI is InChI=1S/C60H112N4O30/c1-5-13-78-21-22-79-14-9-50(71)64-60(38-86-15-6-47(68)61-10-18-80-23-26-83-29-32-89-57-41(2)51(72)54(75)44(35-65)92-57,39-87-16-7-48(69)62-11-19-81-24-27-84-30-33-90-58-42(3)52(73)55(76)45(36-66)93-58)40-88-17-8-49(70)63-12-20-82-25-28-85-31-34-91-59-43(4)53(74)56(77)46(37-67)94-59/h41-46,51-59,65-67,72-77H,5-40H2,1-4H3,(H,61,68)(H,62,69)(H,63,70)(H,64,71). The zero-order valence-electron chi connectivity index (χ0n) is 55.2. The van der Waals surface area contributed by atoms with Gasteiger partial charge >= 0.3 is 0 Å². The predicted octanol–water partition coefficient (Wildman–Crippen LogP) is -5.38. The van der Waals surface area contributed by atoms with Crippen molar-refractivity contribution in [3.8, 4) is 0 Å². The average Bonchev–Trinajstić information content (AvgIpc) is 1.09. The maximum absolute atomic E-state index is 13.6. The van der Waals surface area contributed by atoms with Crippen LogP contribution in [-0.2, 0) is 99.7 Å². The second kappa shape index (κ2) is 51.9. The van der Waals surface area contributed by atoms with Gasteiger partial charge in [-0.05, 0) is 6.42 Å². The van der Waals surface area contributed by atoms with Crippen molar-refractivity contribution in [1.82, 2.24) is 21.3 Å². The second-order valence-corrected chi connectivity index (χ2v) is 22.7. The van der Waals surface area contributed by atoms with Crippen LogP contribution in [0.2, 0.25) is 0 Å². The number of ether oxygens (including phenoxy) is 17. The minimum absolute atomic E-state index is 0.0593. The van der Waals surface area contributed by atoms with E-state index >= 15 is 0 Å². The molecule has 0 aromatic carbocycles. The lowest BCUT2D eigenvalue weighted by Crippen LogP contribution is -2.59. The summed E-state index contributed by atoms with van der Waals surface area (Å²) in [5.41, 5.74) is -1.39. The summed E-state index contributed by atoms with van der Waals surface area (Å²) in [7, 11) is 0. The quantitative estimate of drug-likeness (QED) is 0.0253. The van der Waals surface area contributed by atoms with Crippen molar-refractivity contribution < 1.29 is 146 Å². The van der Waals surface area contributed by atoms with E-state index in [4.69, 9.17) is 80.5 Å². The Kier molecular flexibility index (Phi) is 47.0. The molecule has 15 unspecified atom stereocenters. The van der Waals surface area contributed by atoms with Crippen LogP contribution in [0.4, 0.5) is 0 Å². The van der Waals surface area contributed by atoms with E-state index in [9.17, 15) is 65.1 Å². The van der Waals surface area contributed by atoms with Crippen LogP contribution in [0.5, 0.6) is 0 Å². The molecule has 4 amide bonds. The van der Waals surface area contributed by atoms with Crippen molar-refractivity contribution >= 4 is 23.6 Å². The molecule has 3 aliphatic heterocycles. The number of aliphatic hydroxyl groups excluding tert-OH is 9. The van der Waals surface area contributed by atoms with Crippen LogP contribution >= 0.6 is 0 Å². The van der Waals surface area contributed by atoms with Crippen molar-refractivity contribution in [1.29, 1.82) is 0 Å². The lowest BCUT2D eigenvalue weighted by Gasteiger charge is -2.40. The van der Waals surface area contributed by atoms with Crippen LogP contribution in [0.25, 0.3) is 0 Å². The summed E-state index contributed by atoms with van der Waals surface area (Å²) in [5, 5.41) is 100. The molecule has 15 atom stereocenters. The summed E-state index contributed by atoms with van der Waals surface area (Å²) in [5.74, 6) is -3.06. The summed E-state index contributed by atoms with van der Waals surface area (Å²) >= 11 is 0. The molecule has 0 aliphatic carbocycles. The number of nitrogens with one attached hydrogen (secondary N) is 4. The molecule has 0 bridgehead atoms. The third-order valence-electron chi connectivity index (χ3n) is 15.1. The maximum atomic E-state index is 13.6. The Morgan fingerprint density at radius 1 is 0.340 bits per heavy atom. The third-order valence-corrected chi connectivity index (χ3v) is 15.1. The SMILES string of the molecule is CCCOCCOCCC(=O)NC(COCCC(=O)NCCOCCOCCOC1OC(CO)C(O)C(O)C1C)(COCCC(=O)NCCOCCOCCOC1OC(CO)C(O)C(O)C1C)COCCC(=O)NCCOCCOCCOC1OC(CO)C(O)C(O)C1C. The number of carbonyl (C=O) groups is 4. The zero-order chi connectivity index (χ0) is 68.8. The Bertz CT molecular complexity index is 1760. The molecular formula is C60H112N4O30. The molecule has 34 nitrogen and oxygen atoms in total. The number of rotatable bonds is 57. The molecule has 0 aromatic rings. The van der Waals surface area contributed by atoms with E-state index in [1.54, 1.807) is 20.8 Å². The van der Waals surface area contributed by atoms with Crippen molar-refractivity contribution in [2.75, 3.05) is 205 Å². The number of carbonyl (C=O) groups excluding carboxylic acids is 4. The van der Waals surface area contributed by atoms with Crippen molar-refractivity contribution in [3.05, 3.63) is 0 Å². The van der Waals surface area contributed by atoms with Gasteiger partial charge in [-0.15, -0.1) is 0 Å². The fourth-order valence-electron chi connectivity index (χ4n) is 9.44. The van der Waals surface area contributed by atoms with Gasteiger partial charge in [0, 0.05) is 69.7 Å². The number of hydrogen-bond donors (Lipinski definition) is 13. The third kappa shape index (κ3) is 35.1. The van der Waals surface area contributed by atoms with Crippen LogP contribution in [0.15, 0.2) is 0 Å². The average molecular weight is 1370 g/mol. The Hall–Kier alpha value is -3.16. The summed E-state index contributed by atoms with van der Waals surface area (Å²) in [4.78, 5) is 52.1. The number of aliphatic hydroxyl groups is 9. The topological polar surface area (TPSA) is 455 Å². The molecule has 3 aliphatic rings. The van der Waals surface area contributed by atoms with E-state index in [0.717, 1.165) is 6.42 Å². The van der Waals surface area contributed by atoms with E-state index in [1.165, 1.54) is 0 Å². The molecule has 3 heterocycles. The summed E-state index contributed by atoms with van der Waals surface area (Å²) in [6.45, 7) is 9.32. The van der Waals surface area contributed by atoms with Crippen LogP contribution in [0.1, 0.15) is 59.8 Å². The molecule has 3 saturated heterocycles. The summed E-state index contributed by atoms with van der Waals surface area (Å²) < 4.78 is 96.0. The van der Waals surface area contributed by atoms with E-state index in [1.807, 2.05) is 6.92 Å². The minimum Gasteiger partial charge on any atom is -0.394 e. The predicted molar refractivity (Wildman–Crippen MR) is 326 cm³/mol. The maximum Gasteiger partial charge on any atom is 0.222 e. The highest BCUT2D eigenvalue weighted by Crippen LogP contribution is 2.29. The van der Waals surface area contributed by atoms with Crippen LogP contribution < -0.4 is 21.3 Å². The molecule has 0 spiro atoms. The molecule has 0 aromatic heterocycles. The smallest absolute Gasteiger partial charge is 0.222 e. The highest BCUT2D eigenvalue weighted by Gasteiger charge is 2.45. The van der Waals surface area contributed by atoms with Crippen molar-refractivity contribution in [2.45, 2.75) is 139 Å². The first-order valence-electron chi connectivity index (χ1n) is 32.6. The van der Waals surface area contributed by atoms with Gasteiger partial charge in [-0.1, -0.05) is 27.7 Å². The normalized spacial score (nSPS) is 27.0. The molecule has 3 fully saturated rings. The molecule has 94 heavy (non-hydrogen) atoms. The Morgan fingerprint density at radius 3 is 0.894 bits per heavy atom. The Balaban J connectivity index is 1.45. The fourth-order valence-corrected chi connectivity index (χ4v) is 9.44. The van der Waals surface area contributed by atoms with Gasteiger partial charge in [-0.25, -0.2) is 0 Å². The van der Waals surface area contributed by atoms with Gasteiger partial charge in [0.25, 0.3) is 0 Å². The first-order valence-corrected chi connectivity index (χ1v) is 32.6. The van der Waals surface area contributed by atoms with Gasteiger partial charge in [0.05, 0.1) is 197 Å². The summed E-state index contributed by atoms with van der Waals surface area (Å²) in [6, 6.07) is 0. The molecule has 0 saturated carbocycles. The van der Waals surface area contributed by atoms with E-state index in [2.05, 4.69) is 21.3 Å². The highest BCUT2D eigenvalue weighted by molar-refractivity contribution is 5.77. The number of hydrogen-bond acceptors (Lipinski definition) is 30. The van der Waals surface area contributed by atoms with Crippen LogP contribution in [0.3, 0.4) is 0 Å². The fraction of sp³-hybridized carbons (Fsp3) is 0.933. The van der Waals surface area contributed by atoms with Gasteiger partial charge in [-0.2, -0.15) is 0 Å².